The largest absolute Gasteiger partial charge is 0.357 e. The van der Waals surface area contributed by atoms with E-state index >= 15 is 0 Å². The average molecular weight is 255 g/mol. The number of aromatic nitrogens is 2. The van der Waals surface area contributed by atoms with Crippen LogP contribution in [0.2, 0.25) is 0 Å². The lowest BCUT2D eigenvalue weighted by molar-refractivity contribution is 0.400. The highest BCUT2D eigenvalue weighted by Gasteiger charge is 2.13. The van der Waals surface area contributed by atoms with E-state index in [9.17, 15) is 4.39 Å². The average Bonchev–Trinajstić information content (AvgIpc) is 2.35. The molecule has 0 fully saturated rings. The van der Waals surface area contributed by atoms with Crippen LogP contribution in [0.1, 0.15) is 13.3 Å². The number of anilines is 2. The molecule has 1 rings (SSSR count). The normalized spacial score (nSPS) is 10.8. The second kappa shape index (κ2) is 7.10. The Hall–Kier alpha value is -1.43. The van der Waals surface area contributed by atoms with Gasteiger partial charge < -0.3 is 15.1 Å². The molecule has 1 aromatic rings. The zero-order valence-electron chi connectivity index (χ0n) is 11.6. The van der Waals surface area contributed by atoms with Crippen LogP contribution in [0.25, 0.3) is 0 Å². The summed E-state index contributed by atoms with van der Waals surface area (Å²) in [6.45, 7) is 4.48. The van der Waals surface area contributed by atoms with Crippen LogP contribution in [0.5, 0.6) is 0 Å². The minimum atomic E-state index is -0.374. The molecule has 0 amide bonds. The zero-order chi connectivity index (χ0) is 13.5. The van der Waals surface area contributed by atoms with Crippen molar-refractivity contribution in [2.24, 2.45) is 0 Å². The lowest BCUT2D eigenvalue weighted by atomic mass is 10.3. The minimum absolute atomic E-state index is 0.371. The molecule has 0 unspecified atom stereocenters. The molecule has 0 aliphatic carbocycles. The maximum Gasteiger partial charge on any atom is 0.224 e. The fourth-order valence-corrected chi connectivity index (χ4v) is 1.69. The van der Waals surface area contributed by atoms with E-state index in [-0.39, 0.29) is 5.82 Å². The Kier molecular flexibility index (Phi) is 5.77. The van der Waals surface area contributed by atoms with Crippen molar-refractivity contribution in [2.75, 3.05) is 51.0 Å². The van der Waals surface area contributed by atoms with Gasteiger partial charge in [0.2, 0.25) is 5.95 Å². The van der Waals surface area contributed by atoms with Crippen molar-refractivity contribution in [3.8, 4) is 0 Å². The van der Waals surface area contributed by atoms with Crippen molar-refractivity contribution in [2.45, 2.75) is 13.3 Å². The van der Waals surface area contributed by atoms with Gasteiger partial charge in [0.25, 0.3) is 0 Å². The summed E-state index contributed by atoms with van der Waals surface area (Å²) < 4.78 is 13.7. The Bertz CT molecular complexity index is 369. The molecular formula is C12H22FN5. The molecule has 5 nitrogen and oxygen atoms in total. The fraction of sp³-hybridized carbons (Fsp3) is 0.667. The molecular weight excluding hydrogens is 233 g/mol. The van der Waals surface area contributed by atoms with E-state index in [2.05, 4.69) is 20.2 Å². The number of hydrogen-bond acceptors (Lipinski definition) is 5. The van der Waals surface area contributed by atoms with E-state index < -0.39 is 0 Å². The van der Waals surface area contributed by atoms with Crippen molar-refractivity contribution in [1.82, 2.24) is 14.9 Å². The van der Waals surface area contributed by atoms with E-state index in [1.54, 1.807) is 7.05 Å². The minimum Gasteiger partial charge on any atom is -0.357 e. The molecule has 0 aromatic carbocycles. The lowest BCUT2D eigenvalue weighted by Crippen LogP contribution is -2.29. The Balaban J connectivity index is 2.74. The van der Waals surface area contributed by atoms with Crippen LogP contribution >= 0.6 is 0 Å². The predicted octanol–water partition coefficient (Wildman–Crippen LogP) is 1.44. The van der Waals surface area contributed by atoms with Gasteiger partial charge in [0.15, 0.2) is 11.6 Å². The maximum absolute atomic E-state index is 13.7. The van der Waals surface area contributed by atoms with Crippen LogP contribution in [0, 0.1) is 5.82 Å². The standard InChI is InChI=1S/C12H22FN5/c1-5-18(8-6-7-17(3)4)11-10(13)9-15-12(14-2)16-11/h9H,5-8H2,1-4H3,(H,14,15,16). The predicted molar refractivity (Wildman–Crippen MR) is 72.6 cm³/mol. The zero-order valence-corrected chi connectivity index (χ0v) is 11.6. The third-order valence-corrected chi connectivity index (χ3v) is 2.66. The highest BCUT2D eigenvalue weighted by molar-refractivity contribution is 5.43. The van der Waals surface area contributed by atoms with Gasteiger partial charge in [-0.15, -0.1) is 0 Å². The number of nitrogens with zero attached hydrogens (tertiary/aromatic N) is 4. The Labute approximate surface area is 108 Å². The summed E-state index contributed by atoms with van der Waals surface area (Å²) in [6, 6.07) is 0. The number of halogens is 1. The molecule has 0 saturated carbocycles. The van der Waals surface area contributed by atoms with Crippen molar-refractivity contribution >= 4 is 11.8 Å². The van der Waals surface area contributed by atoms with Gasteiger partial charge in [-0.2, -0.15) is 4.98 Å². The molecule has 0 aliphatic rings. The summed E-state index contributed by atoms with van der Waals surface area (Å²) in [5.74, 6) is 0.439. The van der Waals surface area contributed by atoms with Crippen LogP contribution in [0.15, 0.2) is 6.20 Å². The maximum atomic E-state index is 13.7. The van der Waals surface area contributed by atoms with Crippen LogP contribution < -0.4 is 10.2 Å². The summed E-state index contributed by atoms with van der Waals surface area (Å²) in [7, 11) is 5.78. The van der Waals surface area contributed by atoms with Gasteiger partial charge in [0, 0.05) is 20.1 Å². The van der Waals surface area contributed by atoms with Crippen molar-refractivity contribution in [3.05, 3.63) is 12.0 Å². The molecule has 1 aromatic heterocycles. The van der Waals surface area contributed by atoms with Gasteiger partial charge in [-0.3, -0.25) is 0 Å². The summed E-state index contributed by atoms with van der Waals surface area (Å²) in [5, 5.41) is 2.82. The fourth-order valence-electron chi connectivity index (χ4n) is 1.69. The third-order valence-electron chi connectivity index (χ3n) is 2.66. The molecule has 0 bridgehead atoms. The van der Waals surface area contributed by atoms with E-state index in [0.29, 0.717) is 11.8 Å². The second-order valence-corrected chi connectivity index (χ2v) is 4.35. The van der Waals surface area contributed by atoms with Gasteiger partial charge in [-0.1, -0.05) is 0 Å². The second-order valence-electron chi connectivity index (χ2n) is 4.35. The van der Waals surface area contributed by atoms with Gasteiger partial charge in [-0.25, -0.2) is 9.37 Å². The first-order chi connectivity index (χ1) is 8.58. The summed E-state index contributed by atoms with van der Waals surface area (Å²) in [4.78, 5) is 12.1. The molecule has 6 heteroatoms. The Morgan fingerprint density at radius 1 is 1.33 bits per heavy atom. The lowest BCUT2D eigenvalue weighted by Gasteiger charge is -2.23. The van der Waals surface area contributed by atoms with E-state index in [1.807, 2.05) is 25.9 Å². The molecule has 0 atom stereocenters. The highest BCUT2D eigenvalue weighted by atomic mass is 19.1. The van der Waals surface area contributed by atoms with Crippen molar-refractivity contribution in [3.63, 3.8) is 0 Å². The number of rotatable bonds is 7. The third kappa shape index (κ3) is 4.10. The van der Waals surface area contributed by atoms with Gasteiger partial charge in [-0.05, 0) is 34.0 Å². The first kappa shape index (κ1) is 14.6. The van der Waals surface area contributed by atoms with Crippen molar-refractivity contribution in [1.29, 1.82) is 0 Å². The molecule has 0 aliphatic heterocycles. The summed E-state index contributed by atoms with van der Waals surface area (Å²) in [5.41, 5.74) is 0. The molecule has 0 saturated heterocycles. The highest BCUT2D eigenvalue weighted by Crippen LogP contribution is 2.17. The van der Waals surface area contributed by atoms with E-state index in [1.165, 1.54) is 6.20 Å². The Morgan fingerprint density at radius 3 is 2.61 bits per heavy atom. The first-order valence-electron chi connectivity index (χ1n) is 6.18. The molecule has 18 heavy (non-hydrogen) atoms. The number of nitrogens with one attached hydrogen (secondary N) is 1. The topological polar surface area (TPSA) is 44.3 Å². The van der Waals surface area contributed by atoms with E-state index in [4.69, 9.17) is 0 Å². The van der Waals surface area contributed by atoms with Crippen LogP contribution in [-0.2, 0) is 0 Å². The van der Waals surface area contributed by atoms with E-state index in [0.717, 1.165) is 26.1 Å². The molecule has 0 radical (unpaired) electrons. The summed E-state index contributed by atoms with van der Waals surface area (Å²) >= 11 is 0. The monoisotopic (exact) mass is 255 g/mol. The molecule has 1 heterocycles. The van der Waals surface area contributed by atoms with Crippen molar-refractivity contribution < 1.29 is 4.39 Å². The van der Waals surface area contributed by atoms with Gasteiger partial charge in [0.05, 0.1) is 6.20 Å². The molecule has 0 spiro atoms. The van der Waals surface area contributed by atoms with Gasteiger partial charge in [0.1, 0.15) is 0 Å². The van der Waals surface area contributed by atoms with Crippen LogP contribution in [0.4, 0.5) is 16.2 Å². The Morgan fingerprint density at radius 2 is 2.06 bits per heavy atom. The SMILES string of the molecule is CCN(CCCN(C)C)c1nc(NC)ncc1F. The smallest absolute Gasteiger partial charge is 0.224 e. The first-order valence-corrected chi connectivity index (χ1v) is 6.18. The summed E-state index contributed by atoms with van der Waals surface area (Å²) in [6.07, 6.45) is 2.18. The van der Waals surface area contributed by atoms with Crippen LogP contribution in [-0.4, -0.2) is 55.6 Å². The quantitative estimate of drug-likeness (QED) is 0.798. The van der Waals surface area contributed by atoms with Gasteiger partial charge >= 0.3 is 0 Å². The molecule has 102 valence electrons. The number of hydrogen-bond donors (Lipinski definition) is 1. The van der Waals surface area contributed by atoms with Crippen LogP contribution in [0.3, 0.4) is 0 Å². The molecule has 1 N–H and O–H groups in total.